The largest absolute Gasteiger partial charge is 0.380 e. The van der Waals surface area contributed by atoms with Crippen LogP contribution in [0.25, 0.3) is 0 Å². The molecule has 3 aliphatic rings. The molecule has 0 aromatic heterocycles. The molecule has 3 aliphatic heterocycles. The number of nitrogens with zero attached hydrogens (tertiary/aromatic N) is 1. The summed E-state index contributed by atoms with van der Waals surface area (Å²) in [6.07, 6.45) is 1.38. The van der Waals surface area contributed by atoms with Crippen molar-refractivity contribution in [2.24, 2.45) is 11.3 Å². The number of hydrogen-bond donors (Lipinski definition) is 1. The van der Waals surface area contributed by atoms with Gasteiger partial charge in [0.1, 0.15) is 0 Å². The molecule has 0 aliphatic carbocycles. The van der Waals surface area contributed by atoms with Crippen molar-refractivity contribution in [3.8, 4) is 0 Å². The van der Waals surface area contributed by atoms with Gasteiger partial charge in [0.05, 0.1) is 13.2 Å². The standard InChI is InChI=1S/C11H20N2O/c1-9-2-10(4-12-3-9)13-5-11(6-13)7-14-8-11/h9-10,12H,2-8H2,1H3. The molecule has 1 N–H and O–H groups in total. The van der Waals surface area contributed by atoms with E-state index in [2.05, 4.69) is 17.1 Å². The average Bonchev–Trinajstić information content (AvgIpc) is 1.98. The zero-order valence-electron chi connectivity index (χ0n) is 8.96. The van der Waals surface area contributed by atoms with Crippen molar-refractivity contribution in [1.82, 2.24) is 10.2 Å². The Morgan fingerprint density at radius 2 is 2.07 bits per heavy atom. The first-order valence-corrected chi connectivity index (χ1v) is 5.80. The molecule has 80 valence electrons. The summed E-state index contributed by atoms with van der Waals surface area (Å²) in [7, 11) is 0. The monoisotopic (exact) mass is 196 g/mol. The number of hydrogen-bond acceptors (Lipinski definition) is 3. The fourth-order valence-corrected chi connectivity index (χ4v) is 3.05. The number of piperidine rings is 1. The second-order valence-electron chi connectivity index (χ2n) is 5.55. The van der Waals surface area contributed by atoms with Gasteiger partial charge in [0, 0.05) is 31.1 Å². The highest BCUT2D eigenvalue weighted by Crippen LogP contribution is 2.39. The second-order valence-corrected chi connectivity index (χ2v) is 5.55. The molecule has 3 heterocycles. The van der Waals surface area contributed by atoms with E-state index >= 15 is 0 Å². The van der Waals surface area contributed by atoms with Gasteiger partial charge in [-0.15, -0.1) is 0 Å². The van der Waals surface area contributed by atoms with E-state index in [-0.39, 0.29) is 0 Å². The lowest BCUT2D eigenvalue weighted by Crippen LogP contribution is -2.69. The third-order valence-electron chi connectivity index (χ3n) is 3.96. The Bertz CT molecular complexity index is 219. The van der Waals surface area contributed by atoms with Crippen molar-refractivity contribution >= 4 is 0 Å². The molecule has 3 fully saturated rings. The first kappa shape index (κ1) is 9.13. The van der Waals surface area contributed by atoms with Gasteiger partial charge in [0.2, 0.25) is 0 Å². The van der Waals surface area contributed by atoms with Crippen LogP contribution in [0, 0.1) is 11.3 Å². The van der Waals surface area contributed by atoms with Crippen molar-refractivity contribution in [2.75, 3.05) is 39.4 Å². The van der Waals surface area contributed by atoms with E-state index in [0.29, 0.717) is 5.41 Å². The molecule has 3 heteroatoms. The van der Waals surface area contributed by atoms with Gasteiger partial charge in [-0.1, -0.05) is 6.92 Å². The summed E-state index contributed by atoms with van der Waals surface area (Å²) in [4.78, 5) is 2.64. The summed E-state index contributed by atoms with van der Waals surface area (Å²) in [5.41, 5.74) is 0.584. The van der Waals surface area contributed by atoms with E-state index in [0.717, 1.165) is 25.2 Å². The minimum atomic E-state index is 0.584. The van der Waals surface area contributed by atoms with Gasteiger partial charge in [0.25, 0.3) is 0 Å². The summed E-state index contributed by atoms with van der Waals surface area (Å²) in [6, 6.07) is 0.796. The third kappa shape index (κ3) is 1.38. The van der Waals surface area contributed by atoms with Crippen LogP contribution in [0.4, 0.5) is 0 Å². The average molecular weight is 196 g/mol. The fourth-order valence-electron chi connectivity index (χ4n) is 3.05. The van der Waals surface area contributed by atoms with Crippen molar-refractivity contribution in [3.05, 3.63) is 0 Å². The maximum absolute atomic E-state index is 5.29. The summed E-state index contributed by atoms with van der Waals surface area (Å²) in [5.74, 6) is 0.850. The van der Waals surface area contributed by atoms with Crippen molar-refractivity contribution in [1.29, 1.82) is 0 Å². The van der Waals surface area contributed by atoms with E-state index in [1.54, 1.807) is 0 Å². The predicted molar refractivity (Wildman–Crippen MR) is 55.3 cm³/mol. The van der Waals surface area contributed by atoms with E-state index < -0.39 is 0 Å². The predicted octanol–water partition coefficient (Wildman–Crippen LogP) is 0.317. The highest BCUT2D eigenvalue weighted by molar-refractivity contribution is 5.02. The zero-order chi connectivity index (χ0) is 9.60. The van der Waals surface area contributed by atoms with Crippen LogP contribution in [0.5, 0.6) is 0 Å². The molecular weight excluding hydrogens is 176 g/mol. The summed E-state index contributed by atoms with van der Waals surface area (Å²) in [5, 5.41) is 3.52. The molecule has 3 rings (SSSR count). The molecular formula is C11H20N2O. The van der Waals surface area contributed by atoms with Gasteiger partial charge in [-0.2, -0.15) is 0 Å². The van der Waals surface area contributed by atoms with Gasteiger partial charge in [0.15, 0.2) is 0 Å². The van der Waals surface area contributed by atoms with Crippen LogP contribution in [0.3, 0.4) is 0 Å². The minimum absolute atomic E-state index is 0.584. The minimum Gasteiger partial charge on any atom is -0.380 e. The normalized spacial score (nSPS) is 41.8. The molecule has 0 saturated carbocycles. The molecule has 1 spiro atoms. The smallest absolute Gasteiger partial charge is 0.0569 e. The summed E-state index contributed by atoms with van der Waals surface area (Å²) < 4.78 is 5.29. The molecule has 2 unspecified atom stereocenters. The SMILES string of the molecule is CC1CNCC(N2CC3(COC3)C2)C1. The maximum atomic E-state index is 5.29. The molecule has 0 bridgehead atoms. The highest BCUT2D eigenvalue weighted by atomic mass is 16.5. The molecule has 2 atom stereocenters. The fraction of sp³-hybridized carbons (Fsp3) is 1.00. The molecule has 3 saturated heterocycles. The Hall–Kier alpha value is -0.120. The number of likely N-dealkylation sites (tertiary alicyclic amines) is 1. The van der Waals surface area contributed by atoms with Crippen molar-refractivity contribution in [3.63, 3.8) is 0 Å². The Labute approximate surface area is 85.8 Å². The highest BCUT2D eigenvalue weighted by Gasteiger charge is 2.50. The van der Waals surface area contributed by atoms with Gasteiger partial charge >= 0.3 is 0 Å². The van der Waals surface area contributed by atoms with Crippen LogP contribution >= 0.6 is 0 Å². The van der Waals surface area contributed by atoms with Gasteiger partial charge in [-0.05, 0) is 18.9 Å². The maximum Gasteiger partial charge on any atom is 0.0569 e. The van der Waals surface area contributed by atoms with Crippen molar-refractivity contribution in [2.45, 2.75) is 19.4 Å². The quantitative estimate of drug-likeness (QED) is 0.653. The Morgan fingerprint density at radius 1 is 1.29 bits per heavy atom. The lowest BCUT2D eigenvalue weighted by atomic mass is 9.76. The topological polar surface area (TPSA) is 24.5 Å². The van der Waals surface area contributed by atoms with Gasteiger partial charge < -0.3 is 10.1 Å². The van der Waals surface area contributed by atoms with E-state index in [1.165, 1.54) is 32.6 Å². The first-order valence-electron chi connectivity index (χ1n) is 5.80. The van der Waals surface area contributed by atoms with Gasteiger partial charge in [-0.25, -0.2) is 0 Å². The Kier molecular flexibility index (Phi) is 2.08. The molecule has 0 amide bonds. The number of ether oxygens (including phenoxy) is 1. The van der Waals surface area contributed by atoms with Crippen molar-refractivity contribution < 1.29 is 4.74 Å². The lowest BCUT2D eigenvalue weighted by molar-refractivity contribution is -0.200. The van der Waals surface area contributed by atoms with Crippen LogP contribution in [0.15, 0.2) is 0 Å². The van der Waals surface area contributed by atoms with Gasteiger partial charge in [-0.3, -0.25) is 4.90 Å². The van der Waals surface area contributed by atoms with E-state index in [9.17, 15) is 0 Å². The number of rotatable bonds is 1. The molecule has 0 aromatic carbocycles. The summed E-state index contributed by atoms with van der Waals surface area (Å²) in [6.45, 7) is 9.34. The van der Waals surface area contributed by atoms with E-state index in [4.69, 9.17) is 4.74 Å². The van der Waals surface area contributed by atoms with Crippen LogP contribution in [-0.2, 0) is 4.74 Å². The Balaban J connectivity index is 1.52. The van der Waals surface area contributed by atoms with E-state index in [1.807, 2.05) is 0 Å². The summed E-state index contributed by atoms with van der Waals surface area (Å²) >= 11 is 0. The molecule has 14 heavy (non-hydrogen) atoms. The first-order chi connectivity index (χ1) is 6.77. The van der Waals surface area contributed by atoms with Crippen LogP contribution in [-0.4, -0.2) is 50.3 Å². The number of nitrogens with one attached hydrogen (secondary N) is 1. The molecule has 0 radical (unpaired) electrons. The second kappa shape index (κ2) is 3.19. The zero-order valence-corrected chi connectivity index (χ0v) is 8.96. The third-order valence-corrected chi connectivity index (χ3v) is 3.96. The van der Waals surface area contributed by atoms with Crippen LogP contribution < -0.4 is 5.32 Å². The van der Waals surface area contributed by atoms with Crippen LogP contribution in [0.2, 0.25) is 0 Å². The lowest BCUT2D eigenvalue weighted by Gasteiger charge is -2.58. The van der Waals surface area contributed by atoms with Crippen LogP contribution in [0.1, 0.15) is 13.3 Å². The molecule has 0 aromatic rings. The Morgan fingerprint density at radius 3 is 2.64 bits per heavy atom. The molecule has 3 nitrogen and oxygen atoms in total.